The lowest BCUT2D eigenvalue weighted by Gasteiger charge is -2.07. The summed E-state index contributed by atoms with van der Waals surface area (Å²) in [5, 5.41) is 0. The maximum Gasteiger partial charge on any atom is 0.573 e. The Morgan fingerprint density at radius 2 is 1.38 bits per heavy atom. The van der Waals surface area contributed by atoms with Crippen LogP contribution >= 0.6 is 0 Å². The second-order valence-electron chi connectivity index (χ2n) is 5.48. The van der Waals surface area contributed by atoms with Crippen molar-refractivity contribution in [2.24, 2.45) is 0 Å². The fourth-order valence-electron chi connectivity index (χ4n) is 2.22. The molecule has 0 aliphatic heterocycles. The molecule has 2 aromatic rings. The number of rotatable bonds is 5. The van der Waals surface area contributed by atoms with Gasteiger partial charge < -0.3 is 4.74 Å². The Labute approximate surface area is 140 Å². The van der Waals surface area contributed by atoms with E-state index in [0.29, 0.717) is 5.56 Å². The predicted molar refractivity (Wildman–Crippen MR) is 88.8 cm³/mol. The smallest absolute Gasteiger partial charge is 0.406 e. The third kappa shape index (κ3) is 6.37. The largest absolute Gasteiger partial charge is 0.573 e. The van der Waals surface area contributed by atoms with Crippen molar-refractivity contribution in [2.75, 3.05) is 0 Å². The summed E-state index contributed by atoms with van der Waals surface area (Å²) in [4.78, 5) is 0. The maximum atomic E-state index is 12.1. The number of aryl methyl sites for hydroxylation is 1. The van der Waals surface area contributed by atoms with Gasteiger partial charge in [0.25, 0.3) is 0 Å². The van der Waals surface area contributed by atoms with E-state index in [-0.39, 0.29) is 5.75 Å². The van der Waals surface area contributed by atoms with Gasteiger partial charge in [-0.1, -0.05) is 43.7 Å². The van der Waals surface area contributed by atoms with Gasteiger partial charge in [0.2, 0.25) is 0 Å². The average Bonchev–Trinajstić information content (AvgIpc) is 2.54. The molecule has 0 N–H and O–H groups in total. The Bertz CT molecular complexity index is 689. The molecular weight excluding hydrogens is 313 g/mol. The van der Waals surface area contributed by atoms with Gasteiger partial charge in [-0.25, -0.2) is 0 Å². The van der Waals surface area contributed by atoms with E-state index in [1.165, 1.54) is 49.1 Å². The number of hydrogen-bond donors (Lipinski definition) is 0. The molecule has 1 nitrogen and oxygen atoms in total. The first-order valence-electron chi connectivity index (χ1n) is 7.93. The molecule has 0 aliphatic carbocycles. The first-order chi connectivity index (χ1) is 11.5. The van der Waals surface area contributed by atoms with Crippen LogP contribution in [-0.2, 0) is 6.42 Å². The number of alkyl halides is 3. The number of halogens is 3. The molecule has 0 unspecified atom stereocenters. The standard InChI is InChI=1S/C20H19F3O/c1-2-3-4-5-16-6-8-17(9-7-16)10-11-18-12-14-19(15-13-18)24-20(21,22)23/h6-9,12-15H,2-5H2,1H3. The van der Waals surface area contributed by atoms with Gasteiger partial charge in [-0.3, -0.25) is 0 Å². The lowest BCUT2D eigenvalue weighted by molar-refractivity contribution is -0.274. The summed E-state index contributed by atoms with van der Waals surface area (Å²) in [5.41, 5.74) is 2.81. The van der Waals surface area contributed by atoms with Crippen molar-refractivity contribution in [3.05, 3.63) is 65.2 Å². The molecule has 24 heavy (non-hydrogen) atoms. The minimum Gasteiger partial charge on any atom is -0.406 e. The fraction of sp³-hybridized carbons (Fsp3) is 0.300. The SMILES string of the molecule is CCCCCc1ccc(C#Cc2ccc(OC(F)(F)F)cc2)cc1. The molecule has 0 fully saturated rings. The first-order valence-corrected chi connectivity index (χ1v) is 7.93. The molecule has 0 amide bonds. The van der Waals surface area contributed by atoms with E-state index >= 15 is 0 Å². The number of ether oxygens (including phenoxy) is 1. The average molecular weight is 332 g/mol. The van der Waals surface area contributed by atoms with Crippen LogP contribution in [0, 0.1) is 11.8 Å². The zero-order valence-corrected chi connectivity index (χ0v) is 13.5. The Morgan fingerprint density at radius 1 is 0.833 bits per heavy atom. The normalized spacial score (nSPS) is 10.8. The van der Waals surface area contributed by atoms with E-state index < -0.39 is 6.36 Å². The number of hydrogen-bond acceptors (Lipinski definition) is 1. The monoisotopic (exact) mass is 332 g/mol. The van der Waals surface area contributed by atoms with Crippen LogP contribution in [0.4, 0.5) is 13.2 Å². The highest BCUT2D eigenvalue weighted by Gasteiger charge is 2.30. The van der Waals surface area contributed by atoms with Gasteiger partial charge >= 0.3 is 6.36 Å². The molecule has 0 aromatic heterocycles. The van der Waals surface area contributed by atoms with Crippen LogP contribution < -0.4 is 4.74 Å². The highest BCUT2D eigenvalue weighted by atomic mass is 19.4. The summed E-state index contributed by atoms with van der Waals surface area (Å²) in [7, 11) is 0. The van der Waals surface area contributed by atoms with Crippen LogP contribution in [0.5, 0.6) is 5.75 Å². The minimum absolute atomic E-state index is 0.246. The Hall–Kier alpha value is -2.41. The summed E-state index contributed by atoms with van der Waals surface area (Å²) in [6, 6.07) is 13.6. The van der Waals surface area contributed by atoms with E-state index in [1.54, 1.807) is 0 Å². The van der Waals surface area contributed by atoms with Crippen molar-refractivity contribution < 1.29 is 17.9 Å². The summed E-state index contributed by atoms with van der Waals surface area (Å²) in [5.74, 6) is 5.70. The quantitative estimate of drug-likeness (QED) is 0.503. The van der Waals surface area contributed by atoms with Crippen LogP contribution in [0.15, 0.2) is 48.5 Å². The predicted octanol–water partition coefficient (Wildman–Crippen LogP) is 5.72. The van der Waals surface area contributed by atoms with Crippen molar-refractivity contribution in [1.29, 1.82) is 0 Å². The van der Waals surface area contributed by atoms with Crippen LogP contribution in [0.3, 0.4) is 0 Å². The van der Waals surface area contributed by atoms with Crippen LogP contribution in [0.1, 0.15) is 42.9 Å². The van der Waals surface area contributed by atoms with Crippen molar-refractivity contribution in [3.8, 4) is 17.6 Å². The zero-order valence-electron chi connectivity index (χ0n) is 13.5. The van der Waals surface area contributed by atoms with Crippen LogP contribution in [0.2, 0.25) is 0 Å². The molecule has 4 heteroatoms. The maximum absolute atomic E-state index is 12.1. The minimum atomic E-state index is -4.67. The molecule has 0 radical (unpaired) electrons. The molecule has 0 bridgehead atoms. The van der Waals surface area contributed by atoms with Crippen LogP contribution in [-0.4, -0.2) is 6.36 Å². The highest BCUT2D eigenvalue weighted by molar-refractivity contribution is 5.44. The van der Waals surface area contributed by atoms with Gasteiger partial charge in [0.05, 0.1) is 0 Å². The summed E-state index contributed by atoms with van der Waals surface area (Å²) in [6.45, 7) is 2.18. The molecule has 0 saturated carbocycles. The zero-order chi connectivity index (χ0) is 17.4. The van der Waals surface area contributed by atoms with E-state index in [2.05, 4.69) is 35.6 Å². The number of unbranched alkanes of at least 4 members (excludes halogenated alkanes) is 2. The second-order valence-corrected chi connectivity index (χ2v) is 5.48. The topological polar surface area (TPSA) is 9.23 Å². The molecule has 0 atom stereocenters. The van der Waals surface area contributed by atoms with Crippen molar-refractivity contribution in [1.82, 2.24) is 0 Å². The van der Waals surface area contributed by atoms with E-state index in [9.17, 15) is 13.2 Å². The summed E-state index contributed by atoms with van der Waals surface area (Å²) in [6.07, 6.45) is 0.0219. The molecule has 0 heterocycles. The van der Waals surface area contributed by atoms with E-state index in [1.807, 2.05) is 12.1 Å². The van der Waals surface area contributed by atoms with Crippen molar-refractivity contribution >= 4 is 0 Å². The Balaban J connectivity index is 1.96. The third-order valence-corrected chi connectivity index (χ3v) is 3.46. The van der Waals surface area contributed by atoms with Gasteiger partial charge in [0.1, 0.15) is 5.75 Å². The Kier molecular flexibility index (Phi) is 6.31. The molecule has 2 rings (SSSR count). The molecule has 0 aliphatic rings. The van der Waals surface area contributed by atoms with Gasteiger partial charge in [-0.15, -0.1) is 13.2 Å². The first kappa shape index (κ1) is 17.9. The molecule has 0 saturated heterocycles. The summed E-state index contributed by atoms with van der Waals surface area (Å²) < 4.78 is 40.1. The summed E-state index contributed by atoms with van der Waals surface area (Å²) >= 11 is 0. The van der Waals surface area contributed by atoms with Gasteiger partial charge in [-0.05, 0) is 54.8 Å². The Morgan fingerprint density at radius 3 is 1.88 bits per heavy atom. The molecular formula is C20H19F3O. The fourth-order valence-corrected chi connectivity index (χ4v) is 2.22. The van der Waals surface area contributed by atoms with E-state index in [4.69, 9.17) is 0 Å². The molecule has 126 valence electrons. The van der Waals surface area contributed by atoms with Gasteiger partial charge in [-0.2, -0.15) is 0 Å². The lowest BCUT2D eigenvalue weighted by atomic mass is 10.1. The highest BCUT2D eigenvalue weighted by Crippen LogP contribution is 2.22. The van der Waals surface area contributed by atoms with Gasteiger partial charge in [0, 0.05) is 11.1 Å². The van der Waals surface area contributed by atoms with Crippen molar-refractivity contribution in [2.45, 2.75) is 39.0 Å². The molecule has 0 spiro atoms. The van der Waals surface area contributed by atoms with Gasteiger partial charge in [0.15, 0.2) is 0 Å². The van der Waals surface area contributed by atoms with E-state index in [0.717, 1.165) is 12.0 Å². The van der Waals surface area contributed by atoms with Crippen molar-refractivity contribution in [3.63, 3.8) is 0 Å². The second kappa shape index (κ2) is 8.44. The molecule has 2 aromatic carbocycles. The number of benzene rings is 2. The lowest BCUT2D eigenvalue weighted by Crippen LogP contribution is -2.16. The van der Waals surface area contributed by atoms with Crippen LogP contribution in [0.25, 0.3) is 0 Å². The third-order valence-electron chi connectivity index (χ3n) is 3.46.